The summed E-state index contributed by atoms with van der Waals surface area (Å²) in [5, 5.41) is 5.17. The van der Waals surface area contributed by atoms with Crippen LogP contribution < -0.4 is 16.4 Å². The van der Waals surface area contributed by atoms with Gasteiger partial charge in [0, 0.05) is 43.1 Å². The summed E-state index contributed by atoms with van der Waals surface area (Å²) >= 11 is 0. The number of hydrogen-bond acceptors (Lipinski definition) is 4. The third kappa shape index (κ3) is 5.76. The highest BCUT2D eigenvalue weighted by molar-refractivity contribution is 5.95. The average Bonchev–Trinajstić information content (AvgIpc) is 2.70. The van der Waals surface area contributed by atoms with Gasteiger partial charge in [0.1, 0.15) is 5.82 Å². The van der Waals surface area contributed by atoms with E-state index in [4.69, 9.17) is 5.73 Å². The van der Waals surface area contributed by atoms with Gasteiger partial charge in [0.25, 0.3) is 5.91 Å². The van der Waals surface area contributed by atoms with Crippen LogP contribution in [-0.2, 0) is 4.79 Å². The molecule has 8 nitrogen and oxygen atoms in total. The van der Waals surface area contributed by atoms with E-state index in [0.717, 1.165) is 0 Å². The van der Waals surface area contributed by atoms with E-state index in [1.165, 1.54) is 24.3 Å². The Kier molecular flexibility index (Phi) is 6.40. The number of benzene rings is 2. The summed E-state index contributed by atoms with van der Waals surface area (Å²) in [5.74, 6) is -0.650. The minimum absolute atomic E-state index is 0.106. The summed E-state index contributed by atoms with van der Waals surface area (Å²) in [7, 11) is 0. The van der Waals surface area contributed by atoms with Gasteiger partial charge in [-0.2, -0.15) is 0 Å². The minimum Gasteiger partial charge on any atom is -0.351 e. The second kappa shape index (κ2) is 9.16. The van der Waals surface area contributed by atoms with Crippen LogP contribution in [0.25, 0.3) is 0 Å². The zero-order valence-electron chi connectivity index (χ0n) is 15.7. The third-order valence-electron chi connectivity index (χ3n) is 4.55. The van der Waals surface area contributed by atoms with Crippen molar-refractivity contribution in [2.24, 2.45) is 5.73 Å². The number of amides is 4. The molecular formula is C20H22FN5O3. The van der Waals surface area contributed by atoms with Gasteiger partial charge in [-0.15, -0.1) is 0 Å². The standard InChI is InChI=1S/C20H22FN5O3/c21-15-3-7-16(8-4-15)23-18(27)13-25-9-11-26(12-10-25)19(28)14-1-5-17(6-2-14)24-20(22)29/h1-8H,9-13H2,(H,23,27)(H3,22,24,29). The zero-order chi connectivity index (χ0) is 20.8. The van der Waals surface area contributed by atoms with Crippen LogP contribution in [0, 0.1) is 5.82 Å². The van der Waals surface area contributed by atoms with Crippen molar-refractivity contribution in [3.05, 3.63) is 59.9 Å². The van der Waals surface area contributed by atoms with Crippen molar-refractivity contribution in [3.63, 3.8) is 0 Å². The number of piperazine rings is 1. The molecule has 0 radical (unpaired) electrons. The van der Waals surface area contributed by atoms with E-state index in [0.29, 0.717) is 43.1 Å². The van der Waals surface area contributed by atoms with Gasteiger partial charge >= 0.3 is 6.03 Å². The van der Waals surface area contributed by atoms with Gasteiger partial charge in [0.15, 0.2) is 0 Å². The molecule has 3 rings (SSSR count). The number of carbonyl (C=O) groups excluding carboxylic acids is 3. The number of rotatable bonds is 5. The molecule has 4 N–H and O–H groups in total. The van der Waals surface area contributed by atoms with Crippen molar-refractivity contribution in [1.29, 1.82) is 0 Å². The summed E-state index contributed by atoms with van der Waals surface area (Å²) < 4.78 is 12.9. The van der Waals surface area contributed by atoms with Crippen LogP contribution >= 0.6 is 0 Å². The molecule has 0 spiro atoms. The summed E-state index contributed by atoms with van der Waals surface area (Å²) in [5.41, 5.74) is 6.64. The fourth-order valence-corrected chi connectivity index (χ4v) is 3.07. The van der Waals surface area contributed by atoms with Crippen LogP contribution in [0.3, 0.4) is 0 Å². The SMILES string of the molecule is NC(=O)Nc1ccc(C(=O)N2CCN(CC(=O)Nc3ccc(F)cc3)CC2)cc1. The second-order valence-electron chi connectivity index (χ2n) is 6.69. The molecule has 0 bridgehead atoms. The molecule has 2 aromatic rings. The van der Waals surface area contributed by atoms with Gasteiger partial charge in [-0.25, -0.2) is 9.18 Å². The molecule has 0 aromatic heterocycles. The number of anilines is 2. The van der Waals surface area contributed by atoms with E-state index in [-0.39, 0.29) is 24.2 Å². The van der Waals surface area contributed by atoms with E-state index in [1.54, 1.807) is 29.2 Å². The lowest BCUT2D eigenvalue weighted by atomic mass is 10.1. The minimum atomic E-state index is -0.663. The van der Waals surface area contributed by atoms with Gasteiger partial charge in [-0.05, 0) is 48.5 Å². The molecule has 152 valence electrons. The van der Waals surface area contributed by atoms with E-state index >= 15 is 0 Å². The summed E-state index contributed by atoms with van der Waals surface area (Å²) in [6.07, 6.45) is 0. The first-order chi connectivity index (χ1) is 13.9. The molecule has 1 aliphatic rings. The number of hydrogen-bond donors (Lipinski definition) is 3. The summed E-state index contributed by atoms with van der Waals surface area (Å²) in [4.78, 5) is 39.3. The molecule has 29 heavy (non-hydrogen) atoms. The molecule has 9 heteroatoms. The molecule has 4 amide bonds. The van der Waals surface area contributed by atoms with Crippen LogP contribution in [0.4, 0.5) is 20.6 Å². The van der Waals surface area contributed by atoms with E-state index in [9.17, 15) is 18.8 Å². The monoisotopic (exact) mass is 399 g/mol. The topological polar surface area (TPSA) is 108 Å². The third-order valence-corrected chi connectivity index (χ3v) is 4.55. The molecule has 0 atom stereocenters. The van der Waals surface area contributed by atoms with Gasteiger partial charge in [-0.1, -0.05) is 0 Å². The Hall–Kier alpha value is -3.46. The Labute approximate surface area is 167 Å². The maximum Gasteiger partial charge on any atom is 0.316 e. The number of carbonyl (C=O) groups is 3. The van der Waals surface area contributed by atoms with E-state index in [2.05, 4.69) is 10.6 Å². The maximum absolute atomic E-state index is 12.9. The van der Waals surface area contributed by atoms with Gasteiger partial charge in [0.05, 0.1) is 6.54 Å². The Morgan fingerprint density at radius 3 is 2.00 bits per heavy atom. The van der Waals surface area contributed by atoms with Crippen molar-refractivity contribution in [1.82, 2.24) is 9.80 Å². The average molecular weight is 399 g/mol. The van der Waals surface area contributed by atoms with Crippen LogP contribution in [-0.4, -0.2) is 60.4 Å². The normalized spacial score (nSPS) is 14.3. The molecule has 0 unspecified atom stereocenters. The number of nitrogens with two attached hydrogens (primary N) is 1. The van der Waals surface area contributed by atoms with Crippen molar-refractivity contribution < 1.29 is 18.8 Å². The number of primary amides is 1. The van der Waals surface area contributed by atoms with Crippen LogP contribution in [0.2, 0.25) is 0 Å². The molecule has 1 aliphatic heterocycles. The molecule has 0 aliphatic carbocycles. The van der Waals surface area contributed by atoms with Crippen molar-refractivity contribution in [2.45, 2.75) is 0 Å². The first kappa shape index (κ1) is 20.3. The first-order valence-electron chi connectivity index (χ1n) is 9.14. The Bertz CT molecular complexity index is 878. The first-order valence-corrected chi connectivity index (χ1v) is 9.14. The molecule has 1 fully saturated rings. The number of nitrogens with one attached hydrogen (secondary N) is 2. The maximum atomic E-state index is 12.9. The van der Waals surface area contributed by atoms with E-state index < -0.39 is 6.03 Å². The largest absolute Gasteiger partial charge is 0.351 e. The lowest BCUT2D eigenvalue weighted by Crippen LogP contribution is -2.50. The number of nitrogens with zero attached hydrogens (tertiary/aromatic N) is 2. The van der Waals surface area contributed by atoms with Crippen LogP contribution in [0.5, 0.6) is 0 Å². The molecule has 1 saturated heterocycles. The predicted molar refractivity (Wildman–Crippen MR) is 107 cm³/mol. The number of halogens is 1. The second-order valence-corrected chi connectivity index (χ2v) is 6.69. The Morgan fingerprint density at radius 2 is 1.41 bits per heavy atom. The van der Waals surface area contributed by atoms with Crippen molar-refractivity contribution in [2.75, 3.05) is 43.4 Å². The Balaban J connectivity index is 1.47. The van der Waals surface area contributed by atoms with Gasteiger partial charge in [0.2, 0.25) is 5.91 Å². The molecular weight excluding hydrogens is 377 g/mol. The molecule has 0 saturated carbocycles. The Morgan fingerprint density at radius 1 is 0.862 bits per heavy atom. The lowest BCUT2D eigenvalue weighted by Gasteiger charge is -2.34. The molecule has 1 heterocycles. The highest BCUT2D eigenvalue weighted by atomic mass is 19.1. The van der Waals surface area contributed by atoms with E-state index in [1.807, 2.05) is 4.90 Å². The predicted octanol–water partition coefficient (Wildman–Crippen LogP) is 1.71. The fourth-order valence-electron chi connectivity index (χ4n) is 3.07. The summed E-state index contributed by atoms with van der Waals surface area (Å²) in [6.45, 7) is 2.36. The zero-order valence-corrected chi connectivity index (χ0v) is 15.7. The number of urea groups is 1. The fraction of sp³-hybridized carbons (Fsp3) is 0.250. The van der Waals surface area contributed by atoms with Crippen molar-refractivity contribution >= 4 is 29.2 Å². The smallest absolute Gasteiger partial charge is 0.316 e. The van der Waals surface area contributed by atoms with Crippen LogP contribution in [0.15, 0.2) is 48.5 Å². The summed E-state index contributed by atoms with van der Waals surface area (Å²) in [6, 6.07) is 11.4. The van der Waals surface area contributed by atoms with Crippen molar-refractivity contribution in [3.8, 4) is 0 Å². The van der Waals surface area contributed by atoms with Gasteiger partial charge < -0.3 is 21.3 Å². The molecule has 2 aromatic carbocycles. The van der Waals surface area contributed by atoms with Crippen LogP contribution in [0.1, 0.15) is 10.4 Å². The quantitative estimate of drug-likeness (QED) is 0.711. The highest BCUT2D eigenvalue weighted by Crippen LogP contribution is 2.13. The highest BCUT2D eigenvalue weighted by Gasteiger charge is 2.23. The lowest BCUT2D eigenvalue weighted by molar-refractivity contribution is -0.117. The van der Waals surface area contributed by atoms with Gasteiger partial charge in [-0.3, -0.25) is 14.5 Å².